The first-order valence-electron chi connectivity index (χ1n) is 9.92. The van der Waals surface area contributed by atoms with Gasteiger partial charge in [-0.2, -0.15) is 0 Å². The molecule has 0 spiro atoms. The van der Waals surface area contributed by atoms with E-state index in [-0.39, 0.29) is 12.0 Å². The Bertz CT molecular complexity index is 922. The van der Waals surface area contributed by atoms with Gasteiger partial charge in [-0.15, -0.1) is 0 Å². The lowest BCUT2D eigenvalue weighted by Crippen LogP contribution is -2.41. The van der Waals surface area contributed by atoms with Crippen molar-refractivity contribution in [2.45, 2.75) is 45.4 Å². The molecule has 4 rings (SSSR count). The fraction of sp³-hybridized carbons (Fsp3) is 0.409. The highest BCUT2D eigenvalue weighted by Gasteiger charge is 2.22. The molecular weight excluding hydrogens is 354 g/mol. The van der Waals surface area contributed by atoms with Gasteiger partial charge in [0.25, 0.3) is 5.91 Å². The minimum Gasteiger partial charge on any atom is -0.490 e. The molecule has 0 radical (unpaired) electrons. The van der Waals surface area contributed by atoms with Crippen LogP contribution in [0.4, 0.5) is 0 Å². The number of rotatable bonds is 6. The number of ether oxygens (including phenoxy) is 1. The number of nitrogens with one attached hydrogen (secondary N) is 2. The summed E-state index contributed by atoms with van der Waals surface area (Å²) in [6.45, 7) is 7.00. The molecule has 1 saturated heterocycles. The molecule has 0 atom stereocenters. The number of piperidine rings is 1. The van der Waals surface area contributed by atoms with Gasteiger partial charge in [0, 0.05) is 36.1 Å². The minimum atomic E-state index is -0.156. The molecule has 1 fully saturated rings. The summed E-state index contributed by atoms with van der Waals surface area (Å²) in [4.78, 5) is 18.1. The molecule has 1 amide bonds. The third kappa shape index (κ3) is 4.22. The van der Waals surface area contributed by atoms with Gasteiger partial charge < -0.3 is 24.4 Å². The van der Waals surface area contributed by atoms with Gasteiger partial charge in [0.15, 0.2) is 0 Å². The SMILES string of the molecule is CC(C)N1CCC(Oc2ccc3cc(C(=O)NCc4ccco4)[nH]c3c2)CC1. The summed E-state index contributed by atoms with van der Waals surface area (Å²) in [5.74, 6) is 1.42. The molecule has 3 aromatic rings. The van der Waals surface area contributed by atoms with Crippen molar-refractivity contribution in [1.82, 2.24) is 15.2 Å². The van der Waals surface area contributed by atoms with Crippen molar-refractivity contribution >= 4 is 16.8 Å². The number of H-pyrrole nitrogens is 1. The molecule has 1 aromatic carbocycles. The van der Waals surface area contributed by atoms with E-state index < -0.39 is 0 Å². The zero-order valence-corrected chi connectivity index (χ0v) is 16.4. The topological polar surface area (TPSA) is 70.5 Å². The average Bonchev–Trinajstić information content (AvgIpc) is 3.36. The molecule has 0 saturated carbocycles. The van der Waals surface area contributed by atoms with E-state index >= 15 is 0 Å². The van der Waals surface area contributed by atoms with Gasteiger partial charge in [-0.1, -0.05) is 0 Å². The lowest BCUT2D eigenvalue weighted by atomic mass is 10.1. The molecule has 1 aliphatic heterocycles. The summed E-state index contributed by atoms with van der Waals surface area (Å²) >= 11 is 0. The van der Waals surface area contributed by atoms with Gasteiger partial charge in [0.1, 0.15) is 23.3 Å². The van der Waals surface area contributed by atoms with Gasteiger partial charge in [-0.25, -0.2) is 0 Å². The molecule has 148 valence electrons. The number of hydrogen-bond acceptors (Lipinski definition) is 4. The third-order valence-corrected chi connectivity index (χ3v) is 5.35. The molecule has 2 aromatic heterocycles. The number of carbonyl (C=O) groups is 1. The van der Waals surface area contributed by atoms with E-state index in [1.54, 1.807) is 12.3 Å². The number of aromatic nitrogens is 1. The Labute approximate surface area is 164 Å². The Morgan fingerprint density at radius 2 is 2.11 bits per heavy atom. The molecule has 6 heteroatoms. The number of fused-ring (bicyclic) bond motifs is 1. The Morgan fingerprint density at radius 1 is 1.29 bits per heavy atom. The highest BCUT2D eigenvalue weighted by atomic mass is 16.5. The highest BCUT2D eigenvalue weighted by Crippen LogP contribution is 2.25. The van der Waals surface area contributed by atoms with E-state index in [9.17, 15) is 4.79 Å². The Hall–Kier alpha value is -2.73. The lowest BCUT2D eigenvalue weighted by molar-refractivity contribution is 0.0844. The van der Waals surface area contributed by atoms with Gasteiger partial charge >= 0.3 is 0 Å². The molecule has 3 heterocycles. The van der Waals surface area contributed by atoms with Crippen molar-refractivity contribution in [2.75, 3.05) is 13.1 Å². The number of hydrogen-bond donors (Lipinski definition) is 2. The highest BCUT2D eigenvalue weighted by molar-refractivity contribution is 5.98. The predicted octanol–water partition coefficient (Wildman–Crippen LogP) is 3.94. The van der Waals surface area contributed by atoms with Crippen molar-refractivity contribution in [1.29, 1.82) is 0 Å². The molecule has 6 nitrogen and oxygen atoms in total. The van der Waals surface area contributed by atoms with E-state index in [4.69, 9.17) is 9.15 Å². The first-order chi connectivity index (χ1) is 13.6. The smallest absolute Gasteiger partial charge is 0.268 e. The summed E-state index contributed by atoms with van der Waals surface area (Å²) in [6.07, 6.45) is 3.93. The number of benzene rings is 1. The molecule has 0 unspecified atom stereocenters. The molecule has 28 heavy (non-hydrogen) atoms. The number of carbonyl (C=O) groups excluding carboxylic acids is 1. The molecule has 0 aliphatic carbocycles. The van der Waals surface area contributed by atoms with Crippen molar-refractivity contribution < 1.29 is 13.9 Å². The Morgan fingerprint density at radius 3 is 2.82 bits per heavy atom. The van der Waals surface area contributed by atoms with Crippen molar-refractivity contribution in [3.8, 4) is 5.75 Å². The standard InChI is InChI=1S/C22H27N3O3/c1-15(2)25-9-7-17(8-10-25)28-18-6-5-16-12-21(24-20(16)13-18)22(26)23-14-19-4-3-11-27-19/h3-6,11-13,15,17,24H,7-10,14H2,1-2H3,(H,23,26). The maximum Gasteiger partial charge on any atom is 0.268 e. The summed E-state index contributed by atoms with van der Waals surface area (Å²) < 4.78 is 11.4. The fourth-order valence-electron chi connectivity index (χ4n) is 3.68. The van der Waals surface area contributed by atoms with Crippen LogP contribution in [0, 0.1) is 0 Å². The van der Waals surface area contributed by atoms with Crippen LogP contribution >= 0.6 is 0 Å². The maximum atomic E-state index is 12.4. The number of furan rings is 1. The van der Waals surface area contributed by atoms with Crippen LogP contribution in [0.3, 0.4) is 0 Å². The second kappa shape index (κ2) is 8.10. The van der Waals surface area contributed by atoms with Crippen molar-refractivity contribution in [2.24, 2.45) is 0 Å². The van der Waals surface area contributed by atoms with E-state index in [1.165, 1.54) is 0 Å². The summed E-state index contributed by atoms with van der Waals surface area (Å²) in [7, 11) is 0. The first kappa shape index (κ1) is 18.6. The number of nitrogens with zero attached hydrogens (tertiary/aromatic N) is 1. The third-order valence-electron chi connectivity index (χ3n) is 5.35. The molecule has 2 N–H and O–H groups in total. The van der Waals surface area contributed by atoms with Crippen LogP contribution in [0.15, 0.2) is 47.1 Å². The van der Waals surface area contributed by atoms with Crippen LogP contribution in [-0.4, -0.2) is 41.0 Å². The first-order valence-corrected chi connectivity index (χ1v) is 9.92. The van der Waals surface area contributed by atoms with E-state index in [0.29, 0.717) is 18.3 Å². The quantitative estimate of drug-likeness (QED) is 0.678. The van der Waals surface area contributed by atoms with Crippen LogP contribution < -0.4 is 10.1 Å². The fourth-order valence-corrected chi connectivity index (χ4v) is 3.68. The molecular formula is C22H27N3O3. The van der Waals surface area contributed by atoms with Crippen LogP contribution in [0.1, 0.15) is 42.9 Å². The van der Waals surface area contributed by atoms with Crippen molar-refractivity contribution in [3.63, 3.8) is 0 Å². The zero-order valence-electron chi connectivity index (χ0n) is 16.4. The minimum absolute atomic E-state index is 0.156. The Kier molecular flexibility index (Phi) is 5.39. The van der Waals surface area contributed by atoms with E-state index in [1.807, 2.05) is 30.3 Å². The van der Waals surface area contributed by atoms with E-state index in [0.717, 1.165) is 48.3 Å². The average molecular weight is 381 g/mol. The lowest BCUT2D eigenvalue weighted by Gasteiger charge is -2.34. The monoisotopic (exact) mass is 381 g/mol. The Balaban J connectivity index is 1.38. The van der Waals surface area contributed by atoms with Gasteiger partial charge in [-0.05, 0) is 57.0 Å². The summed E-state index contributed by atoms with van der Waals surface area (Å²) in [5.41, 5.74) is 1.43. The van der Waals surface area contributed by atoms with Crippen LogP contribution in [-0.2, 0) is 6.54 Å². The zero-order chi connectivity index (χ0) is 19.5. The second-order valence-corrected chi connectivity index (χ2v) is 7.64. The van der Waals surface area contributed by atoms with Crippen molar-refractivity contribution in [3.05, 3.63) is 54.1 Å². The van der Waals surface area contributed by atoms with Crippen LogP contribution in [0.25, 0.3) is 10.9 Å². The number of amides is 1. The normalized spacial score (nSPS) is 16.0. The van der Waals surface area contributed by atoms with Gasteiger partial charge in [0.2, 0.25) is 0 Å². The predicted molar refractivity (Wildman–Crippen MR) is 109 cm³/mol. The molecule has 0 bridgehead atoms. The van der Waals surface area contributed by atoms with Crippen LogP contribution in [0.5, 0.6) is 5.75 Å². The van der Waals surface area contributed by atoms with Gasteiger partial charge in [-0.3, -0.25) is 4.79 Å². The summed E-state index contributed by atoms with van der Waals surface area (Å²) in [5, 5.41) is 3.85. The van der Waals surface area contributed by atoms with Gasteiger partial charge in [0.05, 0.1) is 12.8 Å². The molecule has 1 aliphatic rings. The largest absolute Gasteiger partial charge is 0.490 e. The second-order valence-electron chi connectivity index (χ2n) is 7.64. The number of likely N-dealkylation sites (tertiary alicyclic amines) is 1. The van der Waals surface area contributed by atoms with Crippen LogP contribution in [0.2, 0.25) is 0 Å². The summed E-state index contributed by atoms with van der Waals surface area (Å²) in [6, 6.07) is 12.0. The maximum absolute atomic E-state index is 12.4. The van der Waals surface area contributed by atoms with E-state index in [2.05, 4.69) is 29.0 Å². The number of aromatic amines is 1.